The molecule has 0 saturated heterocycles. The maximum atomic E-state index is 10.8. The number of halogens is 1. The second kappa shape index (κ2) is 5.29. The van der Waals surface area contributed by atoms with Gasteiger partial charge in [0.1, 0.15) is 0 Å². The molecule has 0 aliphatic rings. The smallest absolute Gasteiger partial charge is 0.423 e. The molecular weight excluding hydrogens is 342 g/mol. The van der Waals surface area contributed by atoms with Crippen LogP contribution in [0.3, 0.4) is 0 Å². The Hall–Kier alpha value is -0.390. The molecule has 6 heteroatoms. The molecule has 0 spiro atoms. The van der Waals surface area contributed by atoms with E-state index in [9.17, 15) is 4.57 Å². The fourth-order valence-electron chi connectivity index (χ4n) is 1.52. The first kappa shape index (κ1) is 13.7. The van der Waals surface area contributed by atoms with Crippen molar-refractivity contribution in [2.24, 2.45) is 0 Å². The molecule has 0 amide bonds. The van der Waals surface area contributed by atoms with Crippen molar-refractivity contribution in [3.8, 4) is 11.5 Å². The lowest BCUT2D eigenvalue weighted by Crippen LogP contribution is -1.98. The van der Waals surface area contributed by atoms with Crippen molar-refractivity contribution >= 4 is 31.3 Å². The van der Waals surface area contributed by atoms with Crippen LogP contribution in [0.15, 0.2) is 0 Å². The first-order valence-corrected chi connectivity index (χ1v) is 6.64. The van der Waals surface area contributed by atoms with Gasteiger partial charge in [-0.05, 0) is 44.4 Å². The summed E-state index contributed by atoms with van der Waals surface area (Å²) in [5.41, 5.74) is 3.89. The van der Waals surface area contributed by atoms with Crippen molar-refractivity contribution < 1.29 is 17.0 Å². The first-order chi connectivity index (χ1) is 7.40. The van der Waals surface area contributed by atoms with Crippen molar-refractivity contribution in [2.75, 3.05) is 0 Å². The molecule has 16 heavy (non-hydrogen) atoms. The van der Waals surface area contributed by atoms with Crippen LogP contribution >= 0.6 is 31.3 Å². The monoisotopic (exact) mass is 355 g/mol. The van der Waals surface area contributed by atoms with Gasteiger partial charge in [0, 0.05) is 10.1 Å². The highest BCUT2D eigenvalue weighted by atomic mass is 127. The highest BCUT2D eigenvalue weighted by Crippen LogP contribution is 2.43. The first-order valence-electron chi connectivity index (χ1n) is 4.63. The van der Waals surface area contributed by atoms with E-state index in [0.29, 0.717) is 11.5 Å². The number of benzene rings is 1. The summed E-state index contributed by atoms with van der Waals surface area (Å²) in [6.07, 6.45) is 0. The van der Waals surface area contributed by atoms with E-state index in [1.807, 2.05) is 27.7 Å². The topological polar surface area (TPSA) is 55.8 Å². The molecule has 4 nitrogen and oxygen atoms in total. The van der Waals surface area contributed by atoms with Crippen LogP contribution in [0, 0.1) is 27.7 Å². The molecule has 1 N–H and O–H groups in total. The number of hydrogen-bond acceptors (Lipinski definition) is 3. The minimum Gasteiger partial charge on any atom is -0.423 e. The Morgan fingerprint density at radius 1 is 1.00 bits per heavy atom. The van der Waals surface area contributed by atoms with Gasteiger partial charge in [-0.25, -0.2) is 4.52 Å². The van der Waals surface area contributed by atoms with Gasteiger partial charge in [-0.3, -0.25) is 0 Å². The summed E-state index contributed by atoms with van der Waals surface area (Å²) in [4.78, 5) is 8.83. The third-order valence-corrected chi connectivity index (χ3v) is 3.60. The second-order valence-corrected chi connectivity index (χ2v) is 4.66. The Kier molecular flexibility index (Phi) is 4.52. The molecule has 1 unspecified atom stereocenters. The number of hydrogen-bond donors (Lipinski definition) is 1. The van der Waals surface area contributed by atoms with Crippen molar-refractivity contribution in [2.45, 2.75) is 27.7 Å². The lowest BCUT2D eigenvalue weighted by atomic mass is 9.98. The van der Waals surface area contributed by atoms with Crippen molar-refractivity contribution in [1.29, 1.82) is 0 Å². The zero-order chi connectivity index (χ0) is 12.5. The zero-order valence-corrected chi connectivity index (χ0v) is 12.5. The summed E-state index contributed by atoms with van der Waals surface area (Å²) < 4.78 is 20.9. The van der Waals surface area contributed by atoms with Crippen molar-refractivity contribution in [3.05, 3.63) is 22.3 Å². The minimum atomic E-state index is -2.68. The largest absolute Gasteiger partial charge is 0.747 e. The second-order valence-electron chi connectivity index (χ2n) is 3.56. The van der Waals surface area contributed by atoms with Crippen LogP contribution in [0.4, 0.5) is 0 Å². The Bertz CT molecular complexity index is 445. The van der Waals surface area contributed by atoms with Gasteiger partial charge in [0.05, 0.1) is 0 Å². The molecule has 88 valence electrons. The van der Waals surface area contributed by atoms with Crippen LogP contribution in [0.2, 0.25) is 0 Å². The van der Waals surface area contributed by atoms with Crippen LogP contribution in [-0.2, 0) is 4.57 Å². The summed E-state index contributed by atoms with van der Waals surface area (Å²) in [7, 11) is -2.68. The van der Waals surface area contributed by atoms with E-state index in [0.717, 1.165) is 22.3 Å². The molecule has 0 aromatic heterocycles. The Morgan fingerprint density at radius 3 is 1.81 bits per heavy atom. The van der Waals surface area contributed by atoms with E-state index >= 15 is 0 Å². The van der Waals surface area contributed by atoms with Crippen molar-refractivity contribution in [1.82, 2.24) is 0 Å². The minimum absolute atomic E-state index is 0.346. The SMILES string of the molecule is Cc1c(C)c(C)c(O[P+](=O)O)c(OI)c1C. The third-order valence-electron chi connectivity index (χ3n) is 2.82. The average Bonchev–Trinajstić information content (AvgIpc) is 2.23. The van der Waals surface area contributed by atoms with E-state index in [1.165, 1.54) is 0 Å². The maximum absolute atomic E-state index is 10.8. The standard InChI is InChI=1S/C10H12IO4P/c1-5-6(2)8(4)10(15-16(12)13)9(14-11)7(5)3/h1-4H3/p+1. The van der Waals surface area contributed by atoms with E-state index in [2.05, 4.69) is 0 Å². The predicted octanol–water partition coefficient (Wildman–Crippen LogP) is 3.68. The highest BCUT2D eigenvalue weighted by molar-refractivity contribution is 14.1. The van der Waals surface area contributed by atoms with Gasteiger partial charge in [-0.1, -0.05) is 0 Å². The van der Waals surface area contributed by atoms with E-state index in [1.54, 1.807) is 23.0 Å². The van der Waals surface area contributed by atoms with Gasteiger partial charge < -0.3 is 3.07 Å². The lowest BCUT2D eigenvalue weighted by Gasteiger charge is -2.14. The Morgan fingerprint density at radius 2 is 1.44 bits per heavy atom. The maximum Gasteiger partial charge on any atom is 0.747 e. The van der Waals surface area contributed by atoms with E-state index in [-0.39, 0.29) is 0 Å². The van der Waals surface area contributed by atoms with Crippen LogP contribution < -0.4 is 7.59 Å². The molecule has 0 aliphatic heterocycles. The zero-order valence-electron chi connectivity index (χ0n) is 9.50. The molecule has 0 aliphatic carbocycles. The normalized spacial score (nSPS) is 11.2. The summed E-state index contributed by atoms with van der Waals surface area (Å²) in [5, 5.41) is 0. The number of rotatable bonds is 3. The average molecular weight is 355 g/mol. The molecule has 1 atom stereocenters. The predicted molar refractivity (Wildman–Crippen MR) is 70.5 cm³/mol. The van der Waals surface area contributed by atoms with Crippen LogP contribution in [0.25, 0.3) is 0 Å². The summed E-state index contributed by atoms with van der Waals surface area (Å²) in [6, 6.07) is 0. The third kappa shape index (κ3) is 2.47. The summed E-state index contributed by atoms with van der Waals surface area (Å²) in [5.74, 6) is 0.859. The molecule has 1 rings (SSSR count). The quantitative estimate of drug-likeness (QED) is 0.664. The van der Waals surface area contributed by atoms with Gasteiger partial charge in [0.15, 0.2) is 28.8 Å². The highest BCUT2D eigenvalue weighted by Gasteiger charge is 2.25. The summed E-state index contributed by atoms with van der Waals surface area (Å²) in [6.45, 7) is 7.67. The van der Waals surface area contributed by atoms with Crippen LogP contribution in [0.1, 0.15) is 22.3 Å². The molecule has 0 bridgehead atoms. The van der Waals surface area contributed by atoms with Crippen molar-refractivity contribution in [3.63, 3.8) is 0 Å². The van der Waals surface area contributed by atoms with Crippen LogP contribution in [0.5, 0.6) is 11.5 Å². The molecule has 0 fully saturated rings. The Balaban J connectivity index is 3.50. The van der Waals surface area contributed by atoms with E-state index < -0.39 is 8.25 Å². The van der Waals surface area contributed by atoms with Gasteiger partial charge in [0.2, 0.25) is 5.75 Å². The lowest BCUT2D eigenvalue weighted by molar-refractivity contribution is 0.404. The molecular formula is C10H13IO4P+. The molecule has 1 aromatic carbocycles. The van der Waals surface area contributed by atoms with Gasteiger partial charge in [-0.2, -0.15) is 0 Å². The molecule has 1 aromatic rings. The van der Waals surface area contributed by atoms with Gasteiger partial charge in [0.25, 0.3) is 0 Å². The van der Waals surface area contributed by atoms with Crippen LogP contribution in [-0.4, -0.2) is 4.89 Å². The fraction of sp³-hybridized carbons (Fsp3) is 0.400. The van der Waals surface area contributed by atoms with E-state index in [4.69, 9.17) is 12.5 Å². The fourth-order valence-corrected chi connectivity index (χ4v) is 2.43. The Labute approximate surface area is 110 Å². The van der Waals surface area contributed by atoms with Gasteiger partial charge >= 0.3 is 8.25 Å². The molecule has 0 radical (unpaired) electrons. The van der Waals surface area contributed by atoms with Gasteiger partial charge in [-0.15, -0.1) is 4.89 Å². The molecule has 0 saturated carbocycles. The summed E-state index contributed by atoms with van der Waals surface area (Å²) >= 11 is 1.74. The molecule has 0 heterocycles.